The average Bonchev–Trinajstić information content (AvgIpc) is 3.22. The number of fused-ring (bicyclic) bond motifs is 1. The van der Waals surface area contributed by atoms with E-state index >= 15 is 0 Å². The van der Waals surface area contributed by atoms with Crippen molar-refractivity contribution in [1.82, 2.24) is 19.8 Å². The molecular formula is C26H34N4O5S. The molecule has 7 rings (SSSR count). The van der Waals surface area contributed by atoms with Crippen molar-refractivity contribution in [2.75, 3.05) is 24.6 Å². The van der Waals surface area contributed by atoms with Crippen LogP contribution in [0.25, 0.3) is 11.0 Å². The van der Waals surface area contributed by atoms with Crippen molar-refractivity contribution in [3.63, 3.8) is 0 Å². The first-order valence-corrected chi connectivity index (χ1v) is 15.0. The molecule has 2 atom stereocenters. The molecule has 5 fully saturated rings. The van der Waals surface area contributed by atoms with Gasteiger partial charge in [-0.3, -0.25) is 9.59 Å². The van der Waals surface area contributed by atoms with E-state index in [4.69, 9.17) is 0 Å². The van der Waals surface area contributed by atoms with Crippen molar-refractivity contribution in [3.8, 4) is 0 Å². The molecule has 4 saturated carbocycles. The molecule has 4 bridgehead atoms. The monoisotopic (exact) mass is 514 g/mol. The lowest BCUT2D eigenvalue weighted by atomic mass is 9.52. The number of nitrogens with zero attached hydrogens (tertiary/aromatic N) is 3. The zero-order chi connectivity index (χ0) is 25.1. The molecule has 1 aromatic heterocycles. The number of imidazole rings is 1. The molecule has 1 saturated heterocycles. The number of aromatic nitrogens is 2. The molecular weight excluding hydrogens is 480 g/mol. The van der Waals surface area contributed by atoms with Crippen LogP contribution >= 0.6 is 0 Å². The quantitative estimate of drug-likeness (QED) is 0.606. The van der Waals surface area contributed by atoms with Crippen LogP contribution in [0.5, 0.6) is 0 Å². The maximum Gasteiger partial charge on any atom is 0.251 e. The van der Waals surface area contributed by atoms with E-state index in [0.29, 0.717) is 42.7 Å². The summed E-state index contributed by atoms with van der Waals surface area (Å²) >= 11 is 0. The molecule has 10 heteroatoms. The second kappa shape index (κ2) is 8.83. The van der Waals surface area contributed by atoms with E-state index in [0.717, 1.165) is 43.1 Å². The summed E-state index contributed by atoms with van der Waals surface area (Å²) in [5.74, 6) is 1.34. The van der Waals surface area contributed by atoms with Gasteiger partial charge in [0.2, 0.25) is 5.91 Å². The Morgan fingerprint density at radius 3 is 2.53 bits per heavy atom. The Bertz CT molecular complexity index is 1270. The van der Waals surface area contributed by atoms with Crippen molar-refractivity contribution >= 4 is 32.7 Å². The molecule has 1 aliphatic heterocycles. The summed E-state index contributed by atoms with van der Waals surface area (Å²) in [6.45, 7) is 1.18. The molecule has 36 heavy (non-hydrogen) atoms. The number of rotatable bonds is 6. The van der Waals surface area contributed by atoms with Crippen molar-refractivity contribution in [2.45, 2.75) is 63.1 Å². The van der Waals surface area contributed by atoms with Gasteiger partial charge in [-0.1, -0.05) is 0 Å². The van der Waals surface area contributed by atoms with Gasteiger partial charge in [0.05, 0.1) is 34.5 Å². The van der Waals surface area contributed by atoms with E-state index in [1.54, 1.807) is 11.2 Å². The van der Waals surface area contributed by atoms with E-state index < -0.39 is 15.4 Å². The fraction of sp³-hybridized carbons (Fsp3) is 0.654. The number of carbonyl (C=O) groups is 2. The normalized spacial score (nSPS) is 32.6. The van der Waals surface area contributed by atoms with Gasteiger partial charge in [-0.05, 0) is 74.5 Å². The van der Waals surface area contributed by atoms with E-state index in [1.807, 2.05) is 22.8 Å². The number of sulfone groups is 1. The second-order valence-electron chi connectivity index (χ2n) is 11.5. The molecule has 5 aliphatic rings. The first-order chi connectivity index (χ1) is 17.2. The molecule has 0 radical (unpaired) electrons. The SMILES string of the molecule is O=C(NC1C2CC3CC1CC(O)(C3)C2)c1ccc2c(c1)ncn2CCCC(=O)N1CCS(=O)(=O)CC1. The molecule has 4 aliphatic carbocycles. The van der Waals surface area contributed by atoms with Gasteiger partial charge in [0.25, 0.3) is 5.91 Å². The Morgan fingerprint density at radius 2 is 1.83 bits per heavy atom. The zero-order valence-corrected chi connectivity index (χ0v) is 21.3. The third-order valence-electron chi connectivity index (χ3n) is 8.91. The van der Waals surface area contributed by atoms with Crippen LogP contribution in [0, 0.1) is 17.8 Å². The summed E-state index contributed by atoms with van der Waals surface area (Å²) in [6, 6.07) is 5.71. The van der Waals surface area contributed by atoms with Crippen molar-refractivity contribution in [1.29, 1.82) is 0 Å². The lowest BCUT2D eigenvalue weighted by molar-refractivity contribution is -0.137. The fourth-order valence-electron chi connectivity index (χ4n) is 7.36. The predicted molar refractivity (Wildman–Crippen MR) is 134 cm³/mol. The summed E-state index contributed by atoms with van der Waals surface area (Å²) in [6.07, 6.45) is 7.47. The Kier molecular flexibility index (Phi) is 5.87. The third kappa shape index (κ3) is 4.53. The number of aryl methyl sites for hydroxylation is 1. The van der Waals surface area contributed by atoms with Gasteiger partial charge in [-0.15, -0.1) is 0 Å². The highest BCUT2D eigenvalue weighted by molar-refractivity contribution is 7.91. The fourth-order valence-corrected chi connectivity index (χ4v) is 8.56. The minimum Gasteiger partial charge on any atom is -0.390 e. The molecule has 9 nitrogen and oxygen atoms in total. The first-order valence-electron chi connectivity index (χ1n) is 13.1. The zero-order valence-electron chi connectivity index (χ0n) is 20.4. The molecule has 1 aromatic carbocycles. The van der Waals surface area contributed by atoms with Gasteiger partial charge in [0, 0.05) is 37.7 Å². The van der Waals surface area contributed by atoms with Crippen molar-refractivity contribution in [3.05, 3.63) is 30.1 Å². The molecule has 0 spiro atoms. The molecule has 2 amide bonds. The molecule has 2 heterocycles. The molecule has 2 unspecified atom stereocenters. The largest absolute Gasteiger partial charge is 0.390 e. The van der Waals surface area contributed by atoms with Crippen molar-refractivity contribution < 1.29 is 23.1 Å². The predicted octanol–water partition coefficient (Wildman–Crippen LogP) is 1.74. The molecule has 2 aromatic rings. The highest BCUT2D eigenvalue weighted by atomic mass is 32.2. The number of hydrogen-bond donors (Lipinski definition) is 2. The number of amides is 2. The topological polar surface area (TPSA) is 122 Å². The number of carbonyl (C=O) groups excluding carboxylic acids is 2. The lowest BCUT2D eigenvalue weighted by Gasteiger charge is -2.58. The highest BCUT2D eigenvalue weighted by Crippen LogP contribution is 2.55. The number of aliphatic hydroxyl groups is 1. The second-order valence-corrected chi connectivity index (χ2v) is 13.8. The van der Waals surface area contributed by atoms with E-state index in [2.05, 4.69) is 10.3 Å². The summed E-state index contributed by atoms with van der Waals surface area (Å²) in [5, 5.41) is 14.1. The van der Waals surface area contributed by atoms with Gasteiger partial charge in [-0.25, -0.2) is 13.4 Å². The summed E-state index contributed by atoms with van der Waals surface area (Å²) < 4.78 is 25.1. The van der Waals surface area contributed by atoms with Crippen molar-refractivity contribution in [2.24, 2.45) is 17.8 Å². The average molecular weight is 515 g/mol. The van der Waals surface area contributed by atoms with Crippen LogP contribution in [0.3, 0.4) is 0 Å². The van der Waals surface area contributed by atoms with Crippen LogP contribution in [0.1, 0.15) is 55.3 Å². The highest BCUT2D eigenvalue weighted by Gasteiger charge is 2.55. The van der Waals surface area contributed by atoms with Gasteiger partial charge in [0.1, 0.15) is 0 Å². The minimum absolute atomic E-state index is 0.00909. The van der Waals surface area contributed by atoms with E-state index in [9.17, 15) is 23.1 Å². The maximum absolute atomic E-state index is 13.1. The van der Waals surface area contributed by atoms with Gasteiger partial charge < -0.3 is 19.9 Å². The Balaban J connectivity index is 1.05. The van der Waals surface area contributed by atoms with Crippen LogP contribution in [-0.4, -0.2) is 76.0 Å². The standard InChI is InChI=1S/C26H34N4O5S/c31-23(29-6-8-36(34,35)9-7-29)2-1-5-30-16-27-21-12-18(3-4-22(21)30)25(32)28-24-19-10-17-11-20(24)15-26(33,13-17)14-19/h3-4,12,16-17,19-20,24,33H,1-2,5-11,13-15H2,(H,28,32). The number of hydrogen-bond acceptors (Lipinski definition) is 6. The Labute approximate surface area is 211 Å². The summed E-state index contributed by atoms with van der Waals surface area (Å²) in [4.78, 5) is 31.7. The number of benzene rings is 1. The molecule has 194 valence electrons. The van der Waals surface area contributed by atoms with Crippen LogP contribution in [-0.2, 0) is 21.2 Å². The smallest absolute Gasteiger partial charge is 0.251 e. The Hall–Kier alpha value is -2.46. The Morgan fingerprint density at radius 1 is 1.11 bits per heavy atom. The van der Waals surface area contributed by atoms with Gasteiger partial charge in [-0.2, -0.15) is 0 Å². The van der Waals surface area contributed by atoms with Crippen LogP contribution in [0.2, 0.25) is 0 Å². The van der Waals surface area contributed by atoms with Gasteiger partial charge in [0.15, 0.2) is 9.84 Å². The maximum atomic E-state index is 13.1. The van der Waals surface area contributed by atoms with Gasteiger partial charge >= 0.3 is 0 Å². The number of nitrogens with one attached hydrogen (secondary N) is 1. The third-order valence-corrected chi connectivity index (χ3v) is 10.5. The van der Waals surface area contributed by atoms with Crippen LogP contribution < -0.4 is 5.32 Å². The first kappa shape index (κ1) is 23.9. The molecule has 2 N–H and O–H groups in total. The van der Waals surface area contributed by atoms with Crippen LogP contribution in [0.4, 0.5) is 0 Å². The summed E-state index contributed by atoms with van der Waals surface area (Å²) in [7, 11) is -3.00. The van der Waals surface area contributed by atoms with E-state index in [1.165, 1.54) is 0 Å². The minimum atomic E-state index is -3.00. The van der Waals surface area contributed by atoms with E-state index in [-0.39, 0.29) is 42.5 Å². The lowest BCUT2D eigenvalue weighted by Crippen LogP contribution is -2.61. The van der Waals surface area contributed by atoms with Crippen LogP contribution in [0.15, 0.2) is 24.5 Å². The summed E-state index contributed by atoms with van der Waals surface area (Å²) in [5.41, 5.74) is 1.74.